The number of carbonyl (C=O) groups is 2. The topological polar surface area (TPSA) is 43.4 Å². The van der Waals surface area contributed by atoms with Gasteiger partial charge in [-0.1, -0.05) is 48.6 Å². The van der Waals surface area contributed by atoms with Crippen LogP contribution < -0.4 is 0 Å². The number of benzene rings is 1. The summed E-state index contributed by atoms with van der Waals surface area (Å²) in [6.07, 6.45) is 5.82. The molecule has 0 N–H and O–H groups in total. The Hall–Kier alpha value is -2.20. The fourth-order valence-electron chi connectivity index (χ4n) is 2.28. The van der Waals surface area contributed by atoms with Crippen molar-refractivity contribution in [1.82, 2.24) is 0 Å². The first-order valence-corrected chi connectivity index (χ1v) is 7.82. The summed E-state index contributed by atoms with van der Waals surface area (Å²) in [5.74, 6) is -0.448. The molecule has 0 fully saturated rings. The van der Waals surface area contributed by atoms with Gasteiger partial charge in [0.1, 0.15) is 13.2 Å². The predicted molar refractivity (Wildman–Crippen MR) is 90.0 cm³/mol. The Morgan fingerprint density at radius 3 is 2.43 bits per heavy atom. The second-order valence-electron chi connectivity index (χ2n) is 6.74. The summed E-state index contributed by atoms with van der Waals surface area (Å²) >= 11 is 0. The lowest BCUT2D eigenvalue weighted by Gasteiger charge is -2.23. The first kappa shape index (κ1) is 17.2. The van der Waals surface area contributed by atoms with E-state index in [9.17, 15) is 9.59 Å². The number of ether oxygens (including phenoxy) is 1. The molecule has 1 aromatic carbocycles. The highest BCUT2D eigenvalue weighted by atomic mass is 16.5. The molecule has 0 radical (unpaired) electrons. The van der Waals surface area contributed by atoms with Gasteiger partial charge >= 0.3 is 5.97 Å². The standard InChI is InChI=1S/C19H24NO3/c1-20(2,3)13-14-23-19(22)17-11-9-16(10-12-17)18(21)15-7-5-4-6-8-15/h4-9,11-12,16H,10,13-14H2,1-3H3/q+1. The van der Waals surface area contributed by atoms with E-state index in [-0.39, 0.29) is 17.7 Å². The minimum absolute atomic E-state index is 0.0792. The lowest BCUT2D eigenvalue weighted by molar-refractivity contribution is -0.870. The largest absolute Gasteiger partial charge is 0.456 e. The van der Waals surface area contributed by atoms with Gasteiger partial charge in [0.15, 0.2) is 5.78 Å². The van der Waals surface area contributed by atoms with Crippen molar-refractivity contribution >= 4 is 11.8 Å². The Morgan fingerprint density at radius 2 is 1.87 bits per heavy atom. The van der Waals surface area contributed by atoms with E-state index < -0.39 is 0 Å². The average Bonchev–Trinajstić information content (AvgIpc) is 2.54. The molecule has 0 aromatic heterocycles. The maximum atomic E-state index is 12.4. The van der Waals surface area contributed by atoms with Crippen LogP contribution in [0.2, 0.25) is 0 Å². The zero-order valence-electron chi connectivity index (χ0n) is 14.0. The number of Topliss-reactive ketones (excluding diaryl/α,β-unsaturated/α-hetero) is 1. The molecule has 1 aliphatic carbocycles. The Morgan fingerprint density at radius 1 is 1.17 bits per heavy atom. The summed E-state index contributed by atoms with van der Waals surface area (Å²) < 4.78 is 6.02. The van der Waals surface area contributed by atoms with Crippen molar-refractivity contribution in [1.29, 1.82) is 0 Å². The highest BCUT2D eigenvalue weighted by Crippen LogP contribution is 2.21. The molecule has 0 heterocycles. The van der Waals surface area contributed by atoms with E-state index in [0.717, 1.165) is 11.0 Å². The minimum atomic E-state index is -0.319. The zero-order valence-corrected chi connectivity index (χ0v) is 14.0. The molecule has 1 unspecified atom stereocenters. The Balaban J connectivity index is 1.88. The summed E-state index contributed by atoms with van der Waals surface area (Å²) in [6.45, 7) is 1.15. The molecule has 0 aliphatic heterocycles. The number of nitrogens with zero attached hydrogens (tertiary/aromatic N) is 1. The number of esters is 1. The van der Waals surface area contributed by atoms with E-state index in [1.165, 1.54) is 0 Å². The molecule has 4 nitrogen and oxygen atoms in total. The van der Waals surface area contributed by atoms with Crippen LogP contribution in [0.5, 0.6) is 0 Å². The average molecular weight is 314 g/mol. The van der Waals surface area contributed by atoms with Gasteiger partial charge in [-0.15, -0.1) is 0 Å². The highest BCUT2D eigenvalue weighted by Gasteiger charge is 2.21. The molecule has 23 heavy (non-hydrogen) atoms. The minimum Gasteiger partial charge on any atom is -0.456 e. The molecule has 1 aromatic rings. The summed E-state index contributed by atoms with van der Waals surface area (Å²) in [5, 5.41) is 0. The van der Waals surface area contributed by atoms with Gasteiger partial charge in [-0.3, -0.25) is 4.79 Å². The van der Waals surface area contributed by atoms with Crippen molar-refractivity contribution in [3.63, 3.8) is 0 Å². The molecule has 1 aliphatic rings. The van der Waals surface area contributed by atoms with Crippen LogP contribution in [0.3, 0.4) is 0 Å². The van der Waals surface area contributed by atoms with Crippen molar-refractivity contribution < 1.29 is 18.8 Å². The molecule has 2 rings (SSSR count). The summed E-state index contributed by atoms with van der Waals surface area (Å²) in [7, 11) is 6.15. The van der Waals surface area contributed by atoms with E-state index in [1.54, 1.807) is 18.2 Å². The van der Waals surface area contributed by atoms with Gasteiger partial charge in [0, 0.05) is 11.5 Å². The molecular weight excluding hydrogens is 290 g/mol. The second kappa shape index (κ2) is 7.38. The number of likely N-dealkylation sites (N-methyl/N-ethyl adjacent to an activating group) is 1. The van der Waals surface area contributed by atoms with E-state index in [0.29, 0.717) is 24.2 Å². The number of rotatable bonds is 6. The van der Waals surface area contributed by atoms with Crippen molar-refractivity contribution in [3.05, 3.63) is 59.7 Å². The van der Waals surface area contributed by atoms with Gasteiger partial charge in [0.05, 0.1) is 26.7 Å². The van der Waals surface area contributed by atoms with Crippen LogP contribution in [-0.2, 0) is 9.53 Å². The number of quaternary nitrogens is 1. The van der Waals surface area contributed by atoms with Crippen LogP contribution in [0.15, 0.2) is 54.1 Å². The van der Waals surface area contributed by atoms with Crippen LogP contribution in [0, 0.1) is 5.92 Å². The van der Waals surface area contributed by atoms with Crippen molar-refractivity contribution in [2.75, 3.05) is 34.3 Å². The van der Waals surface area contributed by atoms with Crippen LogP contribution >= 0.6 is 0 Å². The lowest BCUT2D eigenvalue weighted by atomic mass is 9.89. The molecule has 0 spiro atoms. The SMILES string of the molecule is C[N+](C)(C)CCOC(=O)C1=CCC(C(=O)c2ccccc2)C=C1. The Kier molecular flexibility index (Phi) is 5.50. The molecular formula is C19H24NO3+. The number of carbonyl (C=O) groups excluding carboxylic acids is 2. The van der Waals surface area contributed by atoms with Gasteiger partial charge in [-0.05, 0) is 6.42 Å². The smallest absolute Gasteiger partial charge is 0.337 e. The van der Waals surface area contributed by atoms with Crippen molar-refractivity contribution in [2.45, 2.75) is 6.42 Å². The first-order valence-electron chi connectivity index (χ1n) is 7.82. The molecule has 0 amide bonds. The quantitative estimate of drug-likeness (QED) is 0.460. The monoisotopic (exact) mass is 314 g/mol. The van der Waals surface area contributed by atoms with Crippen LogP contribution in [0.4, 0.5) is 0 Å². The van der Waals surface area contributed by atoms with Gasteiger partial charge in [0.25, 0.3) is 0 Å². The number of ketones is 1. The maximum absolute atomic E-state index is 12.4. The number of hydrogen-bond acceptors (Lipinski definition) is 3. The Bertz CT molecular complexity index is 624. The van der Waals surface area contributed by atoms with E-state index in [4.69, 9.17) is 4.74 Å². The molecule has 4 heteroatoms. The lowest BCUT2D eigenvalue weighted by Crippen LogP contribution is -2.38. The van der Waals surface area contributed by atoms with Crippen LogP contribution in [-0.4, -0.2) is 50.5 Å². The molecule has 0 bridgehead atoms. The maximum Gasteiger partial charge on any atom is 0.337 e. The fourth-order valence-corrected chi connectivity index (χ4v) is 2.28. The summed E-state index contributed by atoms with van der Waals surface area (Å²) in [6, 6.07) is 9.22. The van der Waals surface area contributed by atoms with E-state index in [2.05, 4.69) is 0 Å². The third kappa shape index (κ3) is 5.18. The van der Waals surface area contributed by atoms with Crippen molar-refractivity contribution in [2.24, 2.45) is 5.92 Å². The van der Waals surface area contributed by atoms with Crippen molar-refractivity contribution in [3.8, 4) is 0 Å². The normalized spacial score (nSPS) is 17.5. The summed E-state index contributed by atoms with van der Waals surface area (Å²) in [4.78, 5) is 24.4. The predicted octanol–water partition coefficient (Wildman–Crippen LogP) is 2.62. The van der Waals surface area contributed by atoms with Gasteiger partial charge < -0.3 is 9.22 Å². The summed E-state index contributed by atoms with van der Waals surface area (Å²) in [5.41, 5.74) is 1.23. The van der Waals surface area contributed by atoms with E-state index >= 15 is 0 Å². The fraction of sp³-hybridized carbons (Fsp3) is 0.368. The van der Waals surface area contributed by atoms with Crippen LogP contribution in [0.25, 0.3) is 0 Å². The van der Waals surface area contributed by atoms with Crippen LogP contribution in [0.1, 0.15) is 16.8 Å². The van der Waals surface area contributed by atoms with Gasteiger partial charge in [-0.2, -0.15) is 0 Å². The zero-order chi connectivity index (χ0) is 16.9. The van der Waals surface area contributed by atoms with Gasteiger partial charge in [0.2, 0.25) is 0 Å². The van der Waals surface area contributed by atoms with Gasteiger partial charge in [-0.25, -0.2) is 4.79 Å². The number of hydrogen-bond donors (Lipinski definition) is 0. The molecule has 0 saturated heterocycles. The third-order valence-electron chi connectivity index (χ3n) is 3.73. The highest BCUT2D eigenvalue weighted by molar-refractivity contribution is 6.00. The molecule has 0 saturated carbocycles. The Labute approximate surface area is 137 Å². The first-order chi connectivity index (χ1) is 10.9. The molecule has 122 valence electrons. The van der Waals surface area contributed by atoms with E-state index in [1.807, 2.05) is 51.5 Å². The third-order valence-corrected chi connectivity index (χ3v) is 3.73. The number of allylic oxidation sites excluding steroid dienone is 2. The molecule has 1 atom stereocenters. The second-order valence-corrected chi connectivity index (χ2v) is 6.74.